The zero-order valence-corrected chi connectivity index (χ0v) is 17.2. The zero-order chi connectivity index (χ0) is 20.2. The van der Waals surface area contributed by atoms with Gasteiger partial charge in [-0.15, -0.1) is 0 Å². The third-order valence-electron chi connectivity index (χ3n) is 5.23. The van der Waals surface area contributed by atoms with E-state index in [2.05, 4.69) is 29.3 Å². The lowest BCUT2D eigenvalue weighted by Gasteiger charge is -2.27. The number of aromatic amines is 1. The van der Waals surface area contributed by atoms with Crippen molar-refractivity contribution in [3.63, 3.8) is 0 Å². The number of fused-ring (bicyclic) bond motifs is 1. The number of nitrogens with one attached hydrogen (secondary N) is 1. The van der Waals surface area contributed by atoms with Crippen LogP contribution in [0.2, 0.25) is 5.02 Å². The van der Waals surface area contributed by atoms with Crippen molar-refractivity contribution in [1.29, 1.82) is 0 Å². The smallest absolute Gasteiger partial charge is 0.260 e. The summed E-state index contributed by atoms with van der Waals surface area (Å²) >= 11 is 6.00. The Morgan fingerprint density at radius 2 is 1.93 bits per heavy atom. The number of rotatable bonds is 6. The molecule has 0 spiro atoms. The molecule has 5 nitrogen and oxygen atoms in total. The highest BCUT2D eigenvalue weighted by atomic mass is 35.5. The van der Waals surface area contributed by atoms with Gasteiger partial charge in [-0.1, -0.05) is 49.2 Å². The van der Waals surface area contributed by atoms with Crippen molar-refractivity contribution in [2.45, 2.75) is 32.7 Å². The average molecular weight is 410 g/mol. The van der Waals surface area contributed by atoms with Crippen LogP contribution in [0.3, 0.4) is 0 Å². The van der Waals surface area contributed by atoms with E-state index < -0.39 is 0 Å². The molecule has 0 saturated heterocycles. The number of hydrogen-bond acceptors (Lipinski definition) is 3. The van der Waals surface area contributed by atoms with Crippen molar-refractivity contribution in [2.75, 3.05) is 13.2 Å². The van der Waals surface area contributed by atoms with Gasteiger partial charge in [0.25, 0.3) is 5.91 Å². The first-order valence-corrected chi connectivity index (χ1v) is 10.3. The van der Waals surface area contributed by atoms with Gasteiger partial charge < -0.3 is 9.64 Å². The molecule has 1 N–H and O–H groups in total. The van der Waals surface area contributed by atoms with Gasteiger partial charge in [0.1, 0.15) is 5.75 Å². The Kier molecular flexibility index (Phi) is 5.86. The fourth-order valence-electron chi connectivity index (χ4n) is 3.63. The minimum atomic E-state index is -0.0171. The largest absolute Gasteiger partial charge is 0.484 e. The molecule has 29 heavy (non-hydrogen) atoms. The topological polar surface area (TPSA) is 58.2 Å². The summed E-state index contributed by atoms with van der Waals surface area (Å²) in [4.78, 5) is 14.6. The Bertz CT molecular complexity index is 980. The minimum absolute atomic E-state index is 0.0171. The van der Waals surface area contributed by atoms with Crippen LogP contribution in [0.1, 0.15) is 30.2 Å². The molecule has 0 saturated carbocycles. The number of carbonyl (C=O) groups excluding carboxylic acids is 1. The molecule has 1 aliphatic heterocycles. The first kappa shape index (κ1) is 19.5. The van der Waals surface area contributed by atoms with E-state index in [1.54, 1.807) is 0 Å². The number of benzene rings is 2. The van der Waals surface area contributed by atoms with E-state index in [0.717, 1.165) is 47.5 Å². The van der Waals surface area contributed by atoms with Crippen LogP contribution in [-0.2, 0) is 24.2 Å². The molecule has 1 aliphatic rings. The second-order valence-electron chi connectivity index (χ2n) is 7.28. The summed E-state index contributed by atoms with van der Waals surface area (Å²) in [6, 6.07) is 15.6. The number of aromatic nitrogens is 2. The van der Waals surface area contributed by atoms with Gasteiger partial charge in [-0.25, -0.2) is 0 Å². The predicted molar refractivity (Wildman–Crippen MR) is 114 cm³/mol. The van der Waals surface area contributed by atoms with Crippen LogP contribution in [0.4, 0.5) is 0 Å². The van der Waals surface area contributed by atoms with E-state index in [0.29, 0.717) is 18.1 Å². The molecule has 0 unspecified atom stereocenters. The number of carbonyl (C=O) groups is 1. The number of aryl methyl sites for hydroxylation is 1. The van der Waals surface area contributed by atoms with Gasteiger partial charge in [-0.3, -0.25) is 9.89 Å². The highest BCUT2D eigenvalue weighted by molar-refractivity contribution is 6.30. The lowest BCUT2D eigenvalue weighted by molar-refractivity contribution is -0.134. The Hall–Kier alpha value is -2.79. The quantitative estimate of drug-likeness (QED) is 0.644. The molecule has 150 valence electrons. The summed E-state index contributed by atoms with van der Waals surface area (Å²) < 4.78 is 5.72. The molecule has 1 aromatic heterocycles. The van der Waals surface area contributed by atoms with Gasteiger partial charge in [0, 0.05) is 41.4 Å². The number of H-pyrrole nitrogens is 1. The van der Waals surface area contributed by atoms with Crippen molar-refractivity contribution < 1.29 is 9.53 Å². The Labute approximate surface area is 175 Å². The van der Waals surface area contributed by atoms with Crippen LogP contribution in [0.5, 0.6) is 5.75 Å². The molecule has 6 heteroatoms. The van der Waals surface area contributed by atoms with E-state index in [1.807, 2.05) is 41.3 Å². The third kappa shape index (κ3) is 4.46. The molecule has 0 bridgehead atoms. The first-order valence-electron chi connectivity index (χ1n) is 9.95. The van der Waals surface area contributed by atoms with E-state index in [4.69, 9.17) is 16.3 Å². The highest BCUT2D eigenvalue weighted by Gasteiger charge is 2.25. The van der Waals surface area contributed by atoms with Crippen molar-refractivity contribution in [1.82, 2.24) is 15.1 Å². The zero-order valence-electron chi connectivity index (χ0n) is 16.5. The molecule has 0 fully saturated rings. The van der Waals surface area contributed by atoms with Gasteiger partial charge in [-0.05, 0) is 36.2 Å². The van der Waals surface area contributed by atoms with E-state index >= 15 is 0 Å². The fourth-order valence-corrected chi connectivity index (χ4v) is 3.76. The molecular weight excluding hydrogens is 386 g/mol. The second-order valence-corrected chi connectivity index (χ2v) is 7.72. The van der Waals surface area contributed by atoms with E-state index in [1.165, 1.54) is 5.56 Å². The predicted octanol–water partition coefficient (Wildman–Crippen LogP) is 4.65. The molecule has 1 amide bonds. The Morgan fingerprint density at radius 3 is 2.66 bits per heavy atom. The maximum atomic E-state index is 12.7. The molecule has 2 heterocycles. The average Bonchev–Trinajstić information content (AvgIpc) is 3.17. The van der Waals surface area contributed by atoms with E-state index in [-0.39, 0.29) is 12.5 Å². The van der Waals surface area contributed by atoms with Crippen molar-refractivity contribution in [3.8, 4) is 17.0 Å². The normalized spacial score (nSPS) is 13.2. The minimum Gasteiger partial charge on any atom is -0.484 e. The van der Waals surface area contributed by atoms with Crippen LogP contribution >= 0.6 is 11.6 Å². The summed E-state index contributed by atoms with van der Waals surface area (Å²) in [5.41, 5.74) is 5.30. The van der Waals surface area contributed by atoms with Crippen LogP contribution in [0.25, 0.3) is 11.3 Å². The first-order chi connectivity index (χ1) is 14.1. The standard InChI is InChI=1S/C23H24ClN3O2/c1-2-3-16-4-10-19(11-5-16)29-15-22(28)27-13-12-21-20(14-27)23(26-25-21)17-6-8-18(24)9-7-17/h4-11H,2-3,12-15H2,1H3,(H,25,26). The Balaban J connectivity index is 1.40. The van der Waals surface area contributed by atoms with Crippen molar-refractivity contribution in [2.24, 2.45) is 0 Å². The summed E-state index contributed by atoms with van der Waals surface area (Å²) in [6.45, 7) is 3.39. The molecule has 0 aliphatic carbocycles. The maximum absolute atomic E-state index is 12.7. The van der Waals surface area contributed by atoms with Crippen molar-refractivity contribution in [3.05, 3.63) is 70.4 Å². The Morgan fingerprint density at radius 1 is 1.17 bits per heavy atom. The summed E-state index contributed by atoms with van der Waals surface area (Å²) in [6.07, 6.45) is 2.92. The van der Waals surface area contributed by atoms with Gasteiger partial charge in [0.15, 0.2) is 6.61 Å². The maximum Gasteiger partial charge on any atom is 0.260 e. The summed E-state index contributed by atoms with van der Waals surface area (Å²) in [5.74, 6) is 0.706. The van der Waals surface area contributed by atoms with Crippen molar-refractivity contribution >= 4 is 17.5 Å². The summed E-state index contributed by atoms with van der Waals surface area (Å²) in [5, 5.41) is 8.28. The highest BCUT2D eigenvalue weighted by Crippen LogP contribution is 2.29. The van der Waals surface area contributed by atoms with Crippen LogP contribution in [0.15, 0.2) is 48.5 Å². The number of halogens is 1. The summed E-state index contributed by atoms with van der Waals surface area (Å²) in [7, 11) is 0. The molecule has 4 rings (SSSR count). The van der Waals surface area contributed by atoms with Crippen LogP contribution < -0.4 is 4.74 Å². The monoisotopic (exact) mass is 409 g/mol. The lowest BCUT2D eigenvalue weighted by atomic mass is 10.0. The fraction of sp³-hybridized carbons (Fsp3) is 0.304. The van der Waals surface area contributed by atoms with Gasteiger partial charge >= 0.3 is 0 Å². The molecular formula is C23H24ClN3O2. The number of amides is 1. The van der Waals surface area contributed by atoms with Crippen LogP contribution in [0, 0.1) is 0 Å². The SMILES string of the molecule is CCCc1ccc(OCC(=O)N2CCc3[nH]nc(-c4ccc(Cl)cc4)c3C2)cc1. The number of ether oxygens (including phenoxy) is 1. The van der Waals surface area contributed by atoms with Gasteiger partial charge in [-0.2, -0.15) is 5.10 Å². The molecule has 2 aromatic carbocycles. The van der Waals surface area contributed by atoms with Crippen LogP contribution in [-0.4, -0.2) is 34.2 Å². The van der Waals surface area contributed by atoms with Gasteiger partial charge in [0.05, 0.1) is 5.69 Å². The number of nitrogens with zero attached hydrogens (tertiary/aromatic N) is 2. The van der Waals surface area contributed by atoms with E-state index in [9.17, 15) is 4.79 Å². The molecule has 0 atom stereocenters. The molecule has 0 radical (unpaired) electrons. The number of hydrogen-bond donors (Lipinski definition) is 1. The second kappa shape index (κ2) is 8.70. The third-order valence-corrected chi connectivity index (χ3v) is 5.48. The lowest BCUT2D eigenvalue weighted by Crippen LogP contribution is -2.38. The molecule has 3 aromatic rings. The van der Waals surface area contributed by atoms with Gasteiger partial charge in [0.2, 0.25) is 0 Å².